The van der Waals surface area contributed by atoms with Crippen molar-refractivity contribution in [3.63, 3.8) is 0 Å². The average molecular weight is 384 g/mol. The summed E-state index contributed by atoms with van der Waals surface area (Å²) < 4.78 is 13.1. The molecule has 0 saturated heterocycles. The van der Waals surface area contributed by atoms with E-state index >= 15 is 0 Å². The number of anilines is 2. The number of hydrogen-bond donors (Lipinski definition) is 1. The van der Waals surface area contributed by atoms with Crippen molar-refractivity contribution in [2.75, 3.05) is 11.4 Å². The Morgan fingerprint density at radius 2 is 1.86 bits per heavy atom. The van der Waals surface area contributed by atoms with Crippen molar-refractivity contribution in [3.05, 3.63) is 93.7 Å². The minimum Gasteiger partial charge on any atom is -0.311 e. The maximum atomic E-state index is 13.1. The fourth-order valence-electron chi connectivity index (χ4n) is 3.66. The number of hydrogen-bond acceptors (Lipinski definition) is 4. The van der Waals surface area contributed by atoms with Gasteiger partial charge in [-0.1, -0.05) is 42.5 Å². The van der Waals surface area contributed by atoms with E-state index < -0.39 is 0 Å². The number of halogens is 1. The van der Waals surface area contributed by atoms with Gasteiger partial charge in [-0.15, -0.1) is 0 Å². The molecule has 0 saturated carbocycles. The molecule has 5 nitrogen and oxygen atoms in total. The summed E-state index contributed by atoms with van der Waals surface area (Å²) in [6, 6.07) is 16.0. The third-order valence-electron chi connectivity index (χ3n) is 5.10. The van der Waals surface area contributed by atoms with E-state index in [9.17, 15) is 9.18 Å². The van der Waals surface area contributed by atoms with Crippen molar-refractivity contribution < 1.29 is 4.39 Å². The highest BCUT2D eigenvalue weighted by atomic mass is 19.1. The summed E-state index contributed by atoms with van der Waals surface area (Å²) in [5, 5.41) is 0.432. The lowest BCUT2D eigenvalue weighted by molar-refractivity contribution is 0.628. The Balaban J connectivity index is 1.56. The van der Waals surface area contributed by atoms with Crippen LogP contribution in [0.4, 0.5) is 16.0 Å². The average Bonchev–Trinajstić information content (AvgIpc) is 3.17. The van der Waals surface area contributed by atoms with Crippen LogP contribution in [0.25, 0.3) is 23.2 Å². The first-order valence-corrected chi connectivity index (χ1v) is 9.37. The smallest absolute Gasteiger partial charge is 0.262 e. The number of rotatable bonds is 3. The predicted octanol–water partition coefficient (Wildman–Crippen LogP) is 4.32. The molecule has 0 spiro atoms. The molecule has 3 heterocycles. The van der Waals surface area contributed by atoms with Gasteiger partial charge in [0.1, 0.15) is 5.82 Å². The van der Waals surface area contributed by atoms with Crippen LogP contribution in [-0.4, -0.2) is 21.5 Å². The fourth-order valence-corrected chi connectivity index (χ4v) is 3.66. The molecule has 1 N–H and O–H groups in total. The maximum absolute atomic E-state index is 13.1. The molecule has 1 aliphatic rings. The van der Waals surface area contributed by atoms with Crippen LogP contribution in [0.3, 0.4) is 0 Å². The molecule has 1 aliphatic heterocycles. The standard InChI is InChI=1S/C23H17FN4O/c24-18-9-6-15(7-10-18)5-8-17-11-13-25-21-20(17)22(29)27-23(26-21)28-14-12-16-3-1-2-4-19(16)28/h1-11,13H,12,14H2,(H,25,26,27,29)/b8-5+. The van der Waals surface area contributed by atoms with Gasteiger partial charge in [0.15, 0.2) is 5.65 Å². The highest BCUT2D eigenvalue weighted by Crippen LogP contribution is 2.32. The van der Waals surface area contributed by atoms with Crippen LogP contribution in [0.5, 0.6) is 0 Å². The van der Waals surface area contributed by atoms with Crippen LogP contribution in [0.1, 0.15) is 16.7 Å². The number of para-hydroxylation sites is 1. The molecule has 0 fully saturated rings. The first-order chi connectivity index (χ1) is 14.2. The van der Waals surface area contributed by atoms with Crippen LogP contribution in [-0.2, 0) is 6.42 Å². The van der Waals surface area contributed by atoms with Gasteiger partial charge in [0.2, 0.25) is 5.95 Å². The third kappa shape index (κ3) is 3.18. The molecule has 0 amide bonds. The second kappa shape index (κ2) is 6.98. The Labute approximate surface area is 166 Å². The van der Waals surface area contributed by atoms with Gasteiger partial charge < -0.3 is 4.90 Å². The predicted molar refractivity (Wildman–Crippen MR) is 113 cm³/mol. The Morgan fingerprint density at radius 1 is 1.03 bits per heavy atom. The van der Waals surface area contributed by atoms with Crippen LogP contribution >= 0.6 is 0 Å². The van der Waals surface area contributed by atoms with E-state index in [0.29, 0.717) is 22.5 Å². The molecule has 5 rings (SSSR count). The SMILES string of the molecule is O=c1[nH]c(N2CCc3ccccc32)nc2nccc(/C=C/c3ccc(F)cc3)c12. The van der Waals surface area contributed by atoms with E-state index in [-0.39, 0.29) is 11.4 Å². The van der Waals surface area contributed by atoms with Gasteiger partial charge in [0.25, 0.3) is 5.56 Å². The molecule has 0 atom stereocenters. The summed E-state index contributed by atoms with van der Waals surface area (Å²) in [4.78, 5) is 26.8. The first-order valence-electron chi connectivity index (χ1n) is 9.37. The zero-order valence-corrected chi connectivity index (χ0v) is 15.5. The van der Waals surface area contributed by atoms with Crippen molar-refractivity contribution in [3.8, 4) is 0 Å². The number of H-pyrrole nitrogens is 1. The molecule has 0 aliphatic carbocycles. The van der Waals surface area contributed by atoms with Crippen LogP contribution in [0.15, 0.2) is 65.6 Å². The van der Waals surface area contributed by atoms with Crippen LogP contribution < -0.4 is 10.5 Å². The molecule has 0 bridgehead atoms. The summed E-state index contributed by atoms with van der Waals surface area (Å²) in [7, 11) is 0. The van der Waals surface area contributed by atoms with E-state index in [1.165, 1.54) is 17.7 Å². The highest BCUT2D eigenvalue weighted by Gasteiger charge is 2.22. The van der Waals surface area contributed by atoms with Crippen molar-refractivity contribution in [1.82, 2.24) is 15.0 Å². The first kappa shape index (κ1) is 17.3. The molecule has 6 heteroatoms. The summed E-state index contributed by atoms with van der Waals surface area (Å²) in [6.07, 6.45) is 6.20. The van der Waals surface area contributed by atoms with Crippen LogP contribution in [0.2, 0.25) is 0 Å². The molecular weight excluding hydrogens is 367 g/mol. The van der Waals surface area contributed by atoms with Crippen molar-refractivity contribution in [2.45, 2.75) is 6.42 Å². The van der Waals surface area contributed by atoms with Gasteiger partial charge >= 0.3 is 0 Å². The van der Waals surface area contributed by atoms with E-state index in [2.05, 4.69) is 21.0 Å². The second-order valence-corrected chi connectivity index (χ2v) is 6.90. The lowest BCUT2D eigenvalue weighted by Gasteiger charge is -2.17. The second-order valence-electron chi connectivity index (χ2n) is 6.90. The van der Waals surface area contributed by atoms with Crippen molar-refractivity contribution >= 4 is 34.8 Å². The summed E-state index contributed by atoms with van der Waals surface area (Å²) in [6.45, 7) is 0.762. The fraction of sp³-hybridized carbons (Fsp3) is 0.0870. The van der Waals surface area contributed by atoms with Crippen LogP contribution in [0, 0.1) is 5.82 Å². The number of benzene rings is 2. The maximum Gasteiger partial charge on any atom is 0.262 e. The zero-order valence-electron chi connectivity index (χ0n) is 15.5. The summed E-state index contributed by atoms with van der Waals surface area (Å²) in [5.74, 6) is 0.216. The monoisotopic (exact) mass is 384 g/mol. The van der Waals surface area contributed by atoms with Gasteiger partial charge in [-0.05, 0) is 47.4 Å². The molecule has 4 aromatic rings. The Kier molecular flexibility index (Phi) is 4.17. The third-order valence-corrected chi connectivity index (χ3v) is 5.10. The van der Waals surface area contributed by atoms with E-state index in [1.54, 1.807) is 24.4 Å². The lowest BCUT2D eigenvalue weighted by Crippen LogP contribution is -2.21. The van der Waals surface area contributed by atoms with Crippen molar-refractivity contribution in [2.24, 2.45) is 0 Å². The van der Waals surface area contributed by atoms with Crippen molar-refractivity contribution in [1.29, 1.82) is 0 Å². The van der Waals surface area contributed by atoms with Gasteiger partial charge in [-0.3, -0.25) is 9.78 Å². The van der Waals surface area contributed by atoms with Gasteiger partial charge in [0, 0.05) is 18.4 Å². The molecule has 29 heavy (non-hydrogen) atoms. The van der Waals surface area contributed by atoms with Gasteiger partial charge in [-0.2, -0.15) is 4.98 Å². The quantitative estimate of drug-likeness (QED) is 0.571. The van der Waals surface area contributed by atoms with E-state index in [4.69, 9.17) is 0 Å². The Hall–Kier alpha value is -3.80. The largest absolute Gasteiger partial charge is 0.311 e. The molecule has 0 unspecified atom stereocenters. The Bertz CT molecular complexity index is 1290. The van der Waals surface area contributed by atoms with Gasteiger partial charge in [0.05, 0.1) is 5.39 Å². The highest BCUT2D eigenvalue weighted by molar-refractivity contribution is 5.88. The molecular formula is C23H17FN4O. The molecule has 2 aromatic heterocycles. The van der Waals surface area contributed by atoms with E-state index in [0.717, 1.165) is 24.2 Å². The zero-order chi connectivity index (χ0) is 19.8. The van der Waals surface area contributed by atoms with E-state index in [1.807, 2.05) is 35.3 Å². The number of nitrogens with zero attached hydrogens (tertiary/aromatic N) is 3. The minimum atomic E-state index is -0.284. The molecule has 2 aromatic carbocycles. The minimum absolute atomic E-state index is 0.235. The topological polar surface area (TPSA) is 61.9 Å². The van der Waals surface area contributed by atoms with Gasteiger partial charge in [-0.25, -0.2) is 9.37 Å². The lowest BCUT2D eigenvalue weighted by atomic mass is 10.1. The number of fused-ring (bicyclic) bond motifs is 2. The normalized spacial score (nSPS) is 13.3. The number of pyridine rings is 1. The number of nitrogens with one attached hydrogen (secondary N) is 1. The number of aromatic amines is 1. The molecule has 142 valence electrons. The number of aromatic nitrogens is 3. The summed E-state index contributed by atoms with van der Waals surface area (Å²) in [5.41, 5.74) is 4.00. The summed E-state index contributed by atoms with van der Waals surface area (Å²) >= 11 is 0. The molecule has 0 radical (unpaired) electrons. The Morgan fingerprint density at radius 3 is 2.72 bits per heavy atom.